The van der Waals surface area contributed by atoms with Gasteiger partial charge in [-0.15, -0.1) is 0 Å². The van der Waals surface area contributed by atoms with E-state index in [4.69, 9.17) is 24.8 Å². The maximum Gasteiger partial charge on any atom is 0.469 e. The standard InChI is InChI=1S/C16H29N6O6P/c1-2-3-4-5-6-20-16(17)14-15(18-9-21-16)22(10-19-14)13-7-11(12(8-23)27-13)28-29(24,25)26/h9,11-13,20,23H,2-8,10,17H2,1H3,(H2,24,25,26)/t11-,12+,13+,16?/m0/s1. The molecule has 29 heavy (non-hydrogen) atoms. The van der Waals surface area contributed by atoms with Crippen LogP contribution in [0, 0.1) is 0 Å². The summed E-state index contributed by atoms with van der Waals surface area (Å²) in [4.78, 5) is 32.9. The lowest BCUT2D eigenvalue weighted by molar-refractivity contribution is -0.0553. The van der Waals surface area contributed by atoms with Gasteiger partial charge in [0.2, 0.25) is 5.79 Å². The van der Waals surface area contributed by atoms with Gasteiger partial charge in [-0.2, -0.15) is 0 Å². The van der Waals surface area contributed by atoms with Crippen LogP contribution >= 0.6 is 7.82 Å². The van der Waals surface area contributed by atoms with Crippen molar-refractivity contribution in [2.24, 2.45) is 20.7 Å². The summed E-state index contributed by atoms with van der Waals surface area (Å²) in [6.45, 7) is 2.61. The summed E-state index contributed by atoms with van der Waals surface area (Å²) in [5.74, 6) is -0.698. The Morgan fingerprint density at radius 3 is 2.93 bits per heavy atom. The second-order valence-electron chi connectivity index (χ2n) is 7.25. The molecule has 0 aliphatic carbocycles. The minimum atomic E-state index is -4.71. The van der Waals surface area contributed by atoms with Crippen molar-refractivity contribution in [3.05, 3.63) is 0 Å². The van der Waals surface area contributed by atoms with E-state index in [1.807, 2.05) is 0 Å². The zero-order valence-corrected chi connectivity index (χ0v) is 17.2. The first-order chi connectivity index (χ1) is 13.8. The maximum absolute atomic E-state index is 11.2. The molecule has 1 unspecified atom stereocenters. The highest BCUT2D eigenvalue weighted by Crippen LogP contribution is 2.42. The topological polar surface area (TPSA) is 175 Å². The second kappa shape index (κ2) is 9.27. The lowest BCUT2D eigenvalue weighted by Crippen LogP contribution is -2.62. The molecule has 0 saturated carbocycles. The average molecular weight is 432 g/mol. The molecule has 0 amide bonds. The molecule has 0 radical (unpaired) electrons. The Morgan fingerprint density at radius 2 is 2.24 bits per heavy atom. The summed E-state index contributed by atoms with van der Waals surface area (Å²) in [6.07, 6.45) is 3.44. The Kier molecular flexibility index (Phi) is 7.18. The molecule has 4 atom stereocenters. The van der Waals surface area contributed by atoms with E-state index in [9.17, 15) is 9.67 Å². The summed E-state index contributed by atoms with van der Waals surface area (Å²) in [7, 11) is -4.71. The molecule has 1 saturated heterocycles. The molecular formula is C16H29N6O6P. The number of ether oxygens (including phenoxy) is 1. The summed E-state index contributed by atoms with van der Waals surface area (Å²) in [6, 6.07) is 0. The van der Waals surface area contributed by atoms with E-state index < -0.39 is 38.7 Å². The number of amidine groups is 1. The molecule has 164 valence electrons. The number of nitrogens with zero attached hydrogens (tertiary/aromatic N) is 4. The highest BCUT2D eigenvalue weighted by atomic mass is 31.2. The van der Waals surface area contributed by atoms with Crippen molar-refractivity contribution in [2.45, 2.75) is 63.3 Å². The Balaban J connectivity index is 1.64. The predicted molar refractivity (Wildman–Crippen MR) is 106 cm³/mol. The summed E-state index contributed by atoms with van der Waals surface area (Å²) >= 11 is 0. The first kappa shape index (κ1) is 22.4. The third kappa shape index (κ3) is 5.28. The van der Waals surface area contributed by atoms with Crippen LogP contribution in [-0.4, -0.2) is 81.7 Å². The van der Waals surface area contributed by atoms with E-state index in [1.165, 1.54) is 6.34 Å². The maximum atomic E-state index is 11.2. The molecule has 3 aliphatic heterocycles. The molecule has 0 aromatic rings. The summed E-state index contributed by atoms with van der Waals surface area (Å²) in [5, 5.41) is 12.7. The third-order valence-electron chi connectivity index (χ3n) is 5.07. The first-order valence-electron chi connectivity index (χ1n) is 9.75. The number of phosphoric acid groups is 1. The van der Waals surface area contributed by atoms with Crippen LogP contribution < -0.4 is 11.1 Å². The van der Waals surface area contributed by atoms with Gasteiger partial charge in [-0.3, -0.25) is 20.6 Å². The minimum absolute atomic E-state index is 0.136. The van der Waals surface area contributed by atoms with Crippen LogP contribution in [0.1, 0.15) is 39.0 Å². The smallest absolute Gasteiger partial charge is 0.394 e. The van der Waals surface area contributed by atoms with Gasteiger partial charge >= 0.3 is 7.82 Å². The Hall–Kier alpha value is -1.24. The molecule has 3 rings (SSSR count). The van der Waals surface area contributed by atoms with E-state index in [2.05, 4.69) is 27.2 Å². The van der Waals surface area contributed by atoms with E-state index in [0.717, 1.165) is 25.7 Å². The summed E-state index contributed by atoms with van der Waals surface area (Å²) in [5.41, 5.74) is 6.91. The fraction of sp³-hybridized carbons (Fsp3) is 0.812. The number of unbranched alkanes of at least 4 members (excludes halogenated alkanes) is 3. The normalized spacial score (nSPS) is 31.8. The van der Waals surface area contributed by atoms with Gasteiger partial charge in [0, 0.05) is 6.42 Å². The predicted octanol–water partition coefficient (Wildman–Crippen LogP) is -0.491. The quantitative estimate of drug-likeness (QED) is 0.173. The van der Waals surface area contributed by atoms with Crippen LogP contribution in [0.25, 0.3) is 0 Å². The van der Waals surface area contributed by atoms with Crippen LogP contribution in [0.4, 0.5) is 0 Å². The largest absolute Gasteiger partial charge is 0.469 e. The zero-order chi connectivity index (χ0) is 21.1. The van der Waals surface area contributed by atoms with Gasteiger partial charge in [0.1, 0.15) is 37.2 Å². The van der Waals surface area contributed by atoms with Crippen molar-refractivity contribution in [1.82, 2.24) is 10.2 Å². The van der Waals surface area contributed by atoms with E-state index in [-0.39, 0.29) is 13.1 Å². The molecule has 0 aromatic carbocycles. The fourth-order valence-electron chi connectivity index (χ4n) is 3.61. The average Bonchev–Trinajstić information content (AvgIpc) is 3.25. The number of nitrogens with one attached hydrogen (secondary N) is 1. The molecule has 3 aliphatic rings. The Bertz CT molecular complexity index is 727. The van der Waals surface area contributed by atoms with Gasteiger partial charge in [-0.25, -0.2) is 14.5 Å². The molecule has 1 fully saturated rings. The van der Waals surface area contributed by atoms with Crippen molar-refractivity contribution in [3.63, 3.8) is 0 Å². The van der Waals surface area contributed by atoms with E-state index in [1.54, 1.807) is 4.90 Å². The van der Waals surface area contributed by atoms with Crippen LogP contribution in [-0.2, 0) is 13.8 Å². The zero-order valence-electron chi connectivity index (χ0n) is 16.3. The van der Waals surface area contributed by atoms with Gasteiger partial charge in [0.25, 0.3) is 0 Å². The lowest BCUT2D eigenvalue weighted by atomic mass is 10.1. The molecule has 6 N–H and O–H groups in total. The Morgan fingerprint density at radius 1 is 1.45 bits per heavy atom. The molecule has 12 nitrogen and oxygen atoms in total. The number of nitrogens with two attached hydrogens (primary N) is 1. The highest BCUT2D eigenvalue weighted by molar-refractivity contribution is 7.46. The first-order valence-corrected chi connectivity index (χ1v) is 11.3. The number of aliphatic hydroxyl groups excluding tert-OH is 1. The van der Waals surface area contributed by atoms with Gasteiger partial charge in [-0.1, -0.05) is 26.2 Å². The number of hydrogen-bond acceptors (Lipinski definition) is 10. The highest BCUT2D eigenvalue weighted by Gasteiger charge is 2.47. The number of aliphatic hydroxyl groups is 1. The van der Waals surface area contributed by atoms with Crippen LogP contribution in [0.5, 0.6) is 0 Å². The van der Waals surface area contributed by atoms with Crippen molar-refractivity contribution < 1.29 is 28.7 Å². The van der Waals surface area contributed by atoms with Gasteiger partial charge in [0.15, 0.2) is 5.84 Å². The number of aliphatic imine (C=N–C) groups is 3. The van der Waals surface area contributed by atoms with Gasteiger partial charge in [-0.05, 0) is 13.0 Å². The van der Waals surface area contributed by atoms with Gasteiger partial charge in [0.05, 0.1) is 6.61 Å². The molecule has 3 heterocycles. The van der Waals surface area contributed by atoms with Crippen LogP contribution in [0.15, 0.2) is 15.0 Å². The number of phosphoric ester groups is 1. The van der Waals surface area contributed by atoms with Crippen molar-refractivity contribution >= 4 is 25.7 Å². The van der Waals surface area contributed by atoms with Crippen molar-refractivity contribution in [1.29, 1.82) is 0 Å². The Labute approximate surface area is 169 Å². The molecule has 0 bridgehead atoms. The fourth-order valence-corrected chi connectivity index (χ4v) is 4.19. The van der Waals surface area contributed by atoms with Crippen LogP contribution in [0.3, 0.4) is 0 Å². The second-order valence-corrected chi connectivity index (χ2v) is 8.44. The van der Waals surface area contributed by atoms with E-state index in [0.29, 0.717) is 18.1 Å². The number of hydrogen-bond donors (Lipinski definition) is 5. The van der Waals surface area contributed by atoms with E-state index >= 15 is 0 Å². The summed E-state index contributed by atoms with van der Waals surface area (Å²) < 4.78 is 21.7. The number of fused-ring (bicyclic) bond motifs is 1. The molecule has 0 spiro atoms. The van der Waals surface area contributed by atoms with Crippen molar-refractivity contribution in [3.8, 4) is 0 Å². The monoisotopic (exact) mass is 432 g/mol. The van der Waals surface area contributed by atoms with Crippen LogP contribution in [0.2, 0.25) is 0 Å². The van der Waals surface area contributed by atoms with Crippen molar-refractivity contribution in [2.75, 3.05) is 19.8 Å². The minimum Gasteiger partial charge on any atom is -0.394 e. The van der Waals surface area contributed by atoms with Gasteiger partial charge < -0.3 is 24.5 Å². The lowest BCUT2D eigenvalue weighted by Gasteiger charge is -2.32. The molecule has 13 heteroatoms. The number of rotatable bonds is 10. The SMILES string of the molecule is CCCCCCNC1(N)N=CN=C2C1=NCN2[C@H]1C[C@H](OP(=O)(O)O)[C@@H](CO)O1. The molecular weight excluding hydrogens is 403 g/mol. The third-order valence-corrected chi connectivity index (χ3v) is 5.62. The molecule has 0 aromatic heterocycles.